The molecule has 2 aromatic heterocycles. The zero-order chi connectivity index (χ0) is 42.5. The molecule has 308 valence electrons. The van der Waals surface area contributed by atoms with Crippen molar-refractivity contribution in [3.8, 4) is 0 Å². The molecule has 0 saturated carbocycles. The van der Waals surface area contributed by atoms with Gasteiger partial charge >= 0.3 is 5.97 Å². The van der Waals surface area contributed by atoms with Gasteiger partial charge in [0.15, 0.2) is 16.9 Å². The van der Waals surface area contributed by atoms with Crippen molar-refractivity contribution in [2.45, 2.75) is 27.3 Å². The van der Waals surface area contributed by atoms with Crippen molar-refractivity contribution in [2.24, 2.45) is 5.16 Å². The van der Waals surface area contributed by atoms with Gasteiger partial charge < -0.3 is 20.6 Å². The zero-order valence-corrected chi connectivity index (χ0v) is 35.8. The summed E-state index contributed by atoms with van der Waals surface area (Å²) in [6, 6.07) is 46.7. The number of thiazole rings is 1. The van der Waals surface area contributed by atoms with Crippen molar-refractivity contribution in [1.29, 1.82) is 0 Å². The highest BCUT2D eigenvalue weighted by atomic mass is 32.2. The molecule has 16 heteroatoms. The SMILES string of the molecule is Nc1nc(/C(=N/OC(c2ccccc2)(c2ccccc2)c2ccccc2)C(=O)N[C@@H]2C(=O)N3C(C(=O)OC(c4ccccc4)c4ccccc4)=C(Sc4cnns4)CS[C@H]23)cs1. The summed E-state index contributed by atoms with van der Waals surface area (Å²) in [7, 11) is 0. The summed E-state index contributed by atoms with van der Waals surface area (Å²) in [4.78, 5) is 56.6. The molecule has 0 unspecified atom stereocenters. The third-order valence-corrected chi connectivity index (χ3v) is 14.2. The van der Waals surface area contributed by atoms with Gasteiger partial charge in [-0.2, -0.15) is 0 Å². The number of esters is 1. The molecule has 0 bridgehead atoms. The fraction of sp³-hybridized carbons (Fsp3) is 0.109. The first-order valence-electron chi connectivity index (χ1n) is 19.3. The van der Waals surface area contributed by atoms with Crippen molar-refractivity contribution in [1.82, 2.24) is 24.8 Å². The number of benzene rings is 5. The molecule has 2 aliphatic rings. The minimum atomic E-state index is -1.31. The van der Waals surface area contributed by atoms with Crippen molar-refractivity contribution < 1.29 is 24.0 Å². The molecule has 2 aliphatic heterocycles. The second kappa shape index (κ2) is 18.2. The number of nitrogen functional groups attached to an aromatic ring is 1. The topological polar surface area (TPSA) is 162 Å². The van der Waals surface area contributed by atoms with E-state index >= 15 is 0 Å². The van der Waals surface area contributed by atoms with Crippen molar-refractivity contribution in [3.05, 3.63) is 207 Å². The maximum Gasteiger partial charge on any atom is 0.356 e. The lowest BCUT2D eigenvalue weighted by atomic mass is 9.80. The lowest BCUT2D eigenvalue weighted by molar-refractivity contribution is -0.154. The number of thioether (sulfide) groups is 2. The summed E-state index contributed by atoms with van der Waals surface area (Å²) in [5, 5.41) is 12.6. The van der Waals surface area contributed by atoms with Crippen LogP contribution in [-0.4, -0.2) is 60.1 Å². The van der Waals surface area contributed by atoms with Gasteiger partial charge in [-0.15, -0.1) is 28.2 Å². The van der Waals surface area contributed by atoms with Crippen LogP contribution in [0.3, 0.4) is 0 Å². The summed E-state index contributed by atoms with van der Waals surface area (Å²) >= 11 is 5.04. The Hall–Kier alpha value is -6.59. The molecule has 62 heavy (non-hydrogen) atoms. The van der Waals surface area contributed by atoms with E-state index in [2.05, 4.69) is 25.0 Å². The second-order valence-corrected chi connectivity index (χ2v) is 18.1. The maximum absolute atomic E-state index is 14.6. The van der Waals surface area contributed by atoms with E-state index < -0.39 is 40.9 Å². The number of ether oxygens (including phenoxy) is 1. The summed E-state index contributed by atoms with van der Waals surface area (Å²) in [6.07, 6.45) is 0.850. The lowest BCUT2D eigenvalue weighted by Gasteiger charge is -2.49. The Morgan fingerprint density at radius 2 is 1.37 bits per heavy atom. The summed E-state index contributed by atoms with van der Waals surface area (Å²) in [5.74, 6) is -1.55. The molecule has 1 fully saturated rings. The fourth-order valence-corrected chi connectivity index (χ4v) is 11.0. The highest BCUT2D eigenvalue weighted by molar-refractivity contribution is 8.07. The van der Waals surface area contributed by atoms with Gasteiger partial charge in [-0.05, 0) is 22.7 Å². The first-order chi connectivity index (χ1) is 30.4. The third kappa shape index (κ3) is 8.12. The van der Waals surface area contributed by atoms with Gasteiger partial charge in [0.05, 0.1) is 6.20 Å². The van der Waals surface area contributed by atoms with Gasteiger partial charge in [0, 0.05) is 32.7 Å². The van der Waals surface area contributed by atoms with Crippen LogP contribution in [0.15, 0.2) is 183 Å². The molecule has 2 amide bonds. The molecule has 2 atom stereocenters. The number of β-lactam (4-membered cyclic amide) rings is 1. The number of carbonyl (C=O) groups is 3. The number of hydrogen-bond donors (Lipinski definition) is 2. The predicted molar refractivity (Wildman–Crippen MR) is 242 cm³/mol. The smallest absolute Gasteiger partial charge is 0.356 e. The molecular weight excluding hydrogens is 859 g/mol. The van der Waals surface area contributed by atoms with Crippen LogP contribution < -0.4 is 11.1 Å². The predicted octanol–water partition coefficient (Wildman–Crippen LogP) is 8.03. The van der Waals surface area contributed by atoms with E-state index in [4.69, 9.17) is 15.3 Å². The van der Waals surface area contributed by atoms with Crippen LogP contribution in [0.1, 0.15) is 39.6 Å². The first kappa shape index (κ1) is 40.8. The highest BCUT2D eigenvalue weighted by Crippen LogP contribution is 2.47. The number of rotatable bonds is 14. The molecule has 0 radical (unpaired) electrons. The fourth-order valence-electron chi connectivity index (χ4n) is 7.33. The molecule has 5 aromatic carbocycles. The first-order valence-corrected chi connectivity index (χ1v) is 22.8. The van der Waals surface area contributed by atoms with Crippen molar-refractivity contribution in [3.63, 3.8) is 0 Å². The number of hydrogen-bond acceptors (Lipinski definition) is 14. The van der Waals surface area contributed by atoms with Crippen molar-refractivity contribution in [2.75, 3.05) is 11.5 Å². The monoisotopic (exact) mass is 893 g/mol. The Bertz CT molecular complexity index is 2610. The summed E-state index contributed by atoms with van der Waals surface area (Å²) < 4.78 is 11.0. The van der Waals surface area contributed by atoms with Crippen LogP contribution in [0, 0.1) is 0 Å². The third-order valence-electron chi connectivity index (χ3n) is 10.2. The number of nitrogens with two attached hydrogens (primary N) is 1. The van der Waals surface area contributed by atoms with Gasteiger partial charge in [-0.3, -0.25) is 14.5 Å². The Morgan fingerprint density at radius 3 is 1.87 bits per heavy atom. The lowest BCUT2D eigenvalue weighted by Crippen LogP contribution is -2.71. The molecule has 3 N–H and O–H groups in total. The molecule has 7 aromatic rings. The Kier molecular flexibility index (Phi) is 12.0. The Labute approximate surface area is 373 Å². The molecule has 0 spiro atoms. The largest absolute Gasteiger partial charge is 0.448 e. The molecule has 12 nitrogen and oxygen atoms in total. The normalized spacial score (nSPS) is 16.4. The zero-order valence-electron chi connectivity index (χ0n) is 32.5. The quantitative estimate of drug-likeness (QED) is 0.0358. The number of fused-ring (bicyclic) bond motifs is 1. The van der Waals surface area contributed by atoms with Crippen molar-refractivity contribution >= 4 is 75.0 Å². The average Bonchev–Trinajstić information content (AvgIpc) is 4.01. The van der Waals surface area contributed by atoms with E-state index in [1.54, 1.807) is 11.6 Å². The average molecular weight is 894 g/mol. The van der Waals surface area contributed by atoms with Crippen LogP contribution in [0.2, 0.25) is 0 Å². The summed E-state index contributed by atoms with van der Waals surface area (Å²) in [6.45, 7) is 0. The van der Waals surface area contributed by atoms with E-state index in [1.165, 1.54) is 40.0 Å². The molecular formula is C46H35N7O5S4. The number of aromatic nitrogens is 3. The van der Waals surface area contributed by atoms with Gasteiger partial charge in [-0.25, -0.2) is 9.78 Å². The van der Waals surface area contributed by atoms with E-state index in [0.29, 0.717) is 10.7 Å². The number of nitrogens with zero attached hydrogens (tertiary/aromatic N) is 5. The van der Waals surface area contributed by atoms with Crippen LogP contribution in [0.5, 0.6) is 0 Å². The Morgan fingerprint density at radius 1 is 0.823 bits per heavy atom. The standard InChI is InChI=1S/C46H35N7O5S4/c47-45-49-34(27-60-45)37(51-58-46(31-20-10-3-11-21-31,32-22-12-4-13-23-32)33-24-14-5-15-25-33)41(54)50-38-42(55)53-39(35(28-59-43(38)53)61-36-26-48-52-62-36)44(56)57-40(29-16-6-1-7-17-29)30-18-8-2-9-19-30/h1-27,38,40,43H,28H2,(H2,47,49)(H,50,54)/b51-37-/t38-,43-/m1/s1. The Balaban J connectivity index is 1.04. The minimum absolute atomic E-state index is 0.0994. The van der Waals surface area contributed by atoms with Gasteiger partial charge in [0.25, 0.3) is 11.8 Å². The van der Waals surface area contributed by atoms with E-state index in [1.807, 2.05) is 152 Å². The number of nitrogens with one attached hydrogen (secondary N) is 1. The summed E-state index contributed by atoms with van der Waals surface area (Å²) in [5.41, 5.74) is 8.69. The number of oxime groups is 1. The van der Waals surface area contributed by atoms with Gasteiger partial charge in [0.2, 0.25) is 5.60 Å². The van der Waals surface area contributed by atoms with Crippen LogP contribution in [0.25, 0.3) is 0 Å². The van der Waals surface area contributed by atoms with E-state index in [0.717, 1.165) is 43.4 Å². The van der Waals surface area contributed by atoms with Crippen LogP contribution in [0.4, 0.5) is 5.13 Å². The van der Waals surface area contributed by atoms with Gasteiger partial charge in [0.1, 0.15) is 27.0 Å². The van der Waals surface area contributed by atoms with E-state index in [9.17, 15) is 14.4 Å². The maximum atomic E-state index is 14.6. The van der Waals surface area contributed by atoms with Gasteiger partial charge in [-0.1, -0.05) is 173 Å². The molecule has 4 heterocycles. The second-order valence-electron chi connectivity index (χ2n) is 14.0. The number of carbonyl (C=O) groups excluding carboxylic acids is 3. The van der Waals surface area contributed by atoms with Crippen LogP contribution in [-0.2, 0) is 29.6 Å². The van der Waals surface area contributed by atoms with E-state index in [-0.39, 0.29) is 22.2 Å². The van der Waals surface area contributed by atoms with Crippen LogP contribution >= 0.6 is 46.4 Å². The molecule has 1 saturated heterocycles. The number of anilines is 1. The highest BCUT2D eigenvalue weighted by Gasteiger charge is 2.55. The molecule has 0 aliphatic carbocycles. The minimum Gasteiger partial charge on any atom is -0.448 e. The number of amides is 2. The molecule has 9 rings (SSSR count).